The Hall–Kier alpha value is -2.60. The van der Waals surface area contributed by atoms with Gasteiger partial charge in [0, 0.05) is 37.4 Å². The Balaban J connectivity index is 1.27. The van der Waals surface area contributed by atoms with Gasteiger partial charge in [-0.15, -0.1) is 10.2 Å². The second-order valence-electron chi connectivity index (χ2n) is 9.34. The number of nitrogens with zero attached hydrogens (tertiary/aromatic N) is 9. The summed E-state index contributed by atoms with van der Waals surface area (Å²) in [6.45, 7) is 10.2. The van der Waals surface area contributed by atoms with Gasteiger partial charge in [0.2, 0.25) is 22.2 Å². The highest BCUT2D eigenvalue weighted by Gasteiger charge is 2.28. The third-order valence-electron chi connectivity index (χ3n) is 6.86. The standard InChI is InChI=1S/C23H30N10S2/c1-14-15(2)24-20(31-10-6-4-7-11-31)26-18(14)34-22-28-29-23-33(22)30-17-16(3)25-21(27-19(17)35-23)32-12-8-5-9-13-32/h30H,4-13H2,1-3H3. The van der Waals surface area contributed by atoms with Gasteiger partial charge in [-0.05, 0) is 82.8 Å². The van der Waals surface area contributed by atoms with Crippen LogP contribution in [0.15, 0.2) is 20.4 Å². The van der Waals surface area contributed by atoms with Gasteiger partial charge in [0.15, 0.2) is 0 Å². The van der Waals surface area contributed by atoms with E-state index in [-0.39, 0.29) is 0 Å². The fourth-order valence-corrected chi connectivity index (χ4v) is 6.53. The van der Waals surface area contributed by atoms with E-state index in [2.05, 4.69) is 39.3 Å². The molecular formula is C23H30N10S2. The Morgan fingerprint density at radius 3 is 2.06 bits per heavy atom. The number of aryl methyl sites for hydroxylation is 2. The Morgan fingerprint density at radius 2 is 1.37 bits per heavy atom. The molecule has 1 N–H and O–H groups in total. The maximum absolute atomic E-state index is 4.94. The SMILES string of the molecule is Cc1nc(N2CCCCC2)nc(Sc2nnc3n2Nc2c(C)nc(N4CCCCC4)nc2S3)c1C. The molecule has 3 aliphatic rings. The highest BCUT2D eigenvalue weighted by molar-refractivity contribution is 8.00. The molecule has 184 valence electrons. The van der Waals surface area contributed by atoms with Crippen molar-refractivity contribution in [1.29, 1.82) is 0 Å². The summed E-state index contributed by atoms with van der Waals surface area (Å²) >= 11 is 3.06. The van der Waals surface area contributed by atoms with Crippen LogP contribution in [0.1, 0.15) is 55.5 Å². The van der Waals surface area contributed by atoms with Crippen molar-refractivity contribution >= 4 is 41.1 Å². The highest BCUT2D eigenvalue weighted by Crippen LogP contribution is 2.41. The molecule has 2 fully saturated rings. The van der Waals surface area contributed by atoms with Crippen LogP contribution < -0.4 is 15.2 Å². The van der Waals surface area contributed by atoms with Gasteiger partial charge in [0.1, 0.15) is 15.7 Å². The molecule has 35 heavy (non-hydrogen) atoms. The lowest BCUT2D eigenvalue weighted by Crippen LogP contribution is -2.31. The van der Waals surface area contributed by atoms with E-state index in [0.717, 1.165) is 81.1 Å². The van der Waals surface area contributed by atoms with Crippen molar-refractivity contribution in [2.24, 2.45) is 0 Å². The molecule has 3 aromatic rings. The average molecular weight is 511 g/mol. The molecule has 3 aromatic heterocycles. The Bertz CT molecular complexity index is 1250. The molecule has 0 aliphatic carbocycles. The third kappa shape index (κ3) is 4.42. The van der Waals surface area contributed by atoms with E-state index in [0.29, 0.717) is 0 Å². The summed E-state index contributed by atoms with van der Waals surface area (Å²) in [5.74, 6) is 1.63. The molecule has 0 amide bonds. The molecule has 10 nitrogen and oxygen atoms in total. The van der Waals surface area contributed by atoms with Crippen molar-refractivity contribution < 1.29 is 0 Å². The summed E-state index contributed by atoms with van der Waals surface area (Å²) in [4.78, 5) is 24.0. The maximum Gasteiger partial charge on any atom is 0.226 e. The zero-order valence-electron chi connectivity index (χ0n) is 20.4. The van der Waals surface area contributed by atoms with E-state index >= 15 is 0 Å². The van der Waals surface area contributed by atoms with Crippen LogP contribution in [0, 0.1) is 20.8 Å². The van der Waals surface area contributed by atoms with Crippen molar-refractivity contribution in [2.75, 3.05) is 41.4 Å². The van der Waals surface area contributed by atoms with Gasteiger partial charge in [-0.1, -0.05) is 0 Å². The summed E-state index contributed by atoms with van der Waals surface area (Å²) in [7, 11) is 0. The number of fused-ring (bicyclic) bond motifs is 2. The van der Waals surface area contributed by atoms with Crippen LogP contribution in [0.2, 0.25) is 0 Å². The van der Waals surface area contributed by atoms with E-state index in [1.807, 2.05) is 11.6 Å². The molecule has 0 spiro atoms. The van der Waals surface area contributed by atoms with Gasteiger partial charge in [-0.3, -0.25) is 5.43 Å². The lowest BCUT2D eigenvalue weighted by Gasteiger charge is -2.28. The van der Waals surface area contributed by atoms with Crippen LogP contribution in [-0.2, 0) is 0 Å². The molecule has 0 unspecified atom stereocenters. The Kier molecular flexibility index (Phi) is 6.17. The summed E-state index contributed by atoms with van der Waals surface area (Å²) in [5.41, 5.74) is 7.39. The fourth-order valence-electron chi connectivity index (χ4n) is 4.66. The van der Waals surface area contributed by atoms with E-state index in [9.17, 15) is 0 Å². The quantitative estimate of drug-likeness (QED) is 0.399. The van der Waals surface area contributed by atoms with Crippen LogP contribution in [0.25, 0.3) is 0 Å². The normalized spacial score (nSPS) is 17.7. The first-order valence-electron chi connectivity index (χ1n) is 12.4. The lowest BCUT2D eigenvalue weighted by molar-refractivity contribution is 0.565. The molecule has 6 rings (SSSR count). The molecule has 0 bridgehead atoms. The number of piperidine rings is 2. The number of hydrogen-bond donors (Lipinski definition) is 1. The Labute approximate surface area is 213 Å². The largest absolute Gasteiger partial charge is 0.341 e. The number of anilines is 3. The molecule has 3 aliphatic heterocycles. The monoisotopic (exact) mass is 510 g/mol. The van der Waals surface area contributed by atoms with E-state index in [1.165, 1.54) is 62.0 Å². The number of rotatable bonds is 4. The molecular weight excluding hydrogens is 480 g/mol. The van der Waals surface area contributed by atoms with Crippen LogP contribution in [-0.4, -0.2) is 61.0 Å². The van der Waals surface area contributed by atoms with Crippen molar-refractivity contribution in [1.82, 2.24) is 34.8 Å². The predicted octanol–water partition coefficient (Wildman–Crippen LogP) is 4.25. The van der Waals surface area contributed by atoms with Crippen LogP contribution in [0.4, 0.5) is 17.6 Å². The van der Waals surface area contributed by atoms with Crippen molar-refractivity contribution in [3.8, 4) is 0 Å². The minimum atomic E-state index is 0.739. The highest BCUT2D eigenvalue weighted by atomic mass is 32.2. The van der Waals surface area contributed by atoms with Crippen molar-refractivity contribution in [2.45, 2.75) is 79.7 Å². The van der Waals surface area contributed by atoms with Crippen molar-refractivity contribution in [3.63, 3.8) is 0 Å². The Morgan fingerprint density at radius 1 is 0.743 bits per heavy atom. The summed E-state index contributed by atoms with van der Waals surface area (Å²) in [6, 6.07) is 0. The molecule has 0 atom stereocenters. The number of hydrogen-bond acceptors (Lipinski definition) is 11. The average Bonchev–Trinajstić information content (AvgIpc) is 3.28. The molecule has 0 saturated carbocycles. The molecule has 2 saturated heterocycles. The van der Waals surface area contributed by atoms with Gasteiger partial charge in [-0.25, -0.2) is 24.6 Å². The zero-order chi connectivity index (χ0) is 23.9. The predicted molar refractivity (Wildman–Crippen MR) is 138 cm³/mol. The van der Waals surface area contributed by atoms with Gasteiger partial charge in [-0.2, -0.15) is 0 Å². The molecule has 0 aromatic carbocycles. The first-order valence-corrected chi connectivity index (χ1v) is 14.0. The summed E-state index contributed by atoms with van der Waals surface area (Å²) < 4.78 is 1.92. The first-order chi connectivity index (χ1) is 17.1. The first kappa shape index (κ1) is 22.8. The fraction of sp³-hybridized carbons (Fsp3) is 0.565. The van der Waals surface area contributed by atoms with Crippen LogP contribution in [0.5, 0.6) is 0 Å². The third-order valence-corrected chi connectivity index (χ3v) is 8.83. The van der Waals surface area contributed by atoms with Gasteiger partial charge in [0.25, 0.3) is 0 Å². The number of nitrogens with one attached hydrogen (secondary N) is 1. The summed E-state index contributed by atoms with van der Waals surface area (Å²) in [6.07, 6.45) is 7.34. The smallest absolute Gasteiger partial charge is 0.226 e. The van der Waals surface area contributed by atoms with Crippen LogP contribution >= 0.6 is 23.5 Å². The summed E-state index contributed by atoms with van der Waals surface area (Å²) in [5, 5.41) is 12.3. The second-order valence-corrected chi connectivity index (χ2v) is 11.3. The zero-order valence-corrected chi connectivity index (χ0v) is 22.0. The molecule has 6 heterocycles. The lowest BCUT2D eigenvalue weighted by atomic mass is 10.1. The van der Waals surface area contributed by atoms with E-state index < -0.39 is 0 Å². The molecule has 12 heteroatoms. The van der Waals surface area contributed by atoms with Crippen molar-refractivity contribution in [3.05, 3.63) is 17.0 Å². The van der Waals surface area contributed by atoms with E-state index in [4.69, 9.17) is 19.9 Å². The van der Waals surface area contributed by atoms with Gasteiger partial charge in [0.05, 0.1) is 5.69 Å². The van der Waals surface area contributed by atoms with Gasteiger partial charge >= 0.3 is 0 Å². The minimum absolute atomic E-state index is 0.739. The minimum Gasteiger partial charge on any atom is -0.341 e. The van der Waals surface area contributed by atoms with Crippen LogP contribution in [0.3, 0.4) is 0 Å². The molecule has 0 radical (unpaired) electrons. The van der Waals surface area contributed by atoms with Gasteiger partial charge < -0.3 is 9.80 Å². The number of aromatic nitrogens is 7. The topological polar surface area (TPSA) is 101 Å². The maximum atomic E-state index is 4.94. The van der Waals surface area contributed by atoms with E-state index in [1.54, 1.807) is 0 Å². The second kappa shape index (κ2) is 9.45.